The molecule has 8 nitrogen and oxygen atoms in total. The first-order valence-corrected chi connectivity index (χ1v) is 7.03. The molecule has 0 unspecified atom stereocenters. The monoisotopic (exact) mass is 295 g/mol. The van der Waals surface area contributed by atoms with Gasteiger partial charge in [-0.3, -0.25) is 4.55 Å². The summed E-state index contributed by atoms with van der Waals surface area (Å²) in [6.07, 6.45) is 6.08. The molecular weight excluding hydrogens is 278 g/mol. The zero-order valence-electron chi connectivity index (χ0n) is 10.2. The first kappa shape index (κ1) is 17.6. The number of rotatable bonds is 4. The van der Waals surface area contributed by atoms with Gasteiger partial charge in [0.2, 0.25) is 0 Å². The van der Waals surface area contributed by atoms with Crippen molar-refractivity contribution >= 4 is 22.2 Å². The molecule has 4 N–H and O–H groups in total. The summed E-state index contributed by atoms with van der Waals surface area (Å²) in [6.45, 7) is 0. The van der Waals surface area contributed by atoms with E-state index >= 15 is 0 Å². The highest BCUT2D eigenvalue weighted by Crippen LogP contribution is 2.17. The lowest BCUT2D eigenvalue weighted by atomic mass is 9.96. The molecule has 1 aliphatic rings. The van der Waals surface area contributed by atoms with Crippen molar-refractivity contribution in [2.75, 3.05) is 0 Å². The Morgan fingerprint density at radius 2 is 1.42 bits per heavy atom. The Bertz CT molecular complexity index is 407. The van der Waals surface area contributed by atoms with Crippen LogP contribution in [-0.2, 0) is 19.9 Å². The third-order valence-electron chi connectivity index (χ3n) is 2.29. The van der Waals surface area contributed by atoms with Gasteiger partial charge >= 0.3 is 22.2 Å². The van der Waals surface area contributed by atoms with Crippen molar-refractivity contribution in [3.8, 4) is 0 Å². The molecule has 9 heteroatoms. The lowest BCUT2D eigenvalue weighted by molar-refractivity contribution is -0.134. The van der Waals surface area contributed by atoms with Crippen LogP contribution in [0.25, 0.3) is 0 Å². The molecule has 0 aromatic rings. The molecule has 1 rings (SSSR count). The van der Waals surface area contributed by atoms with Crippen LogP contribution in [0, 0.1) is 0 Å². The minimum atomic E-state index is -3.97. The van der Waals surface area contributed by atoms with E-state index in [-0.39, 0.29) is 6.04 Å². The van der Waals surface area contributed by atoms with Crippen LogP contribution in [0.1, 0.15) is 32.1 Å². The third kappa shape index (κ3) is 12.8. The maximum absolute atomic E-state index is 10.3. The Kier molecular flexibility index (Phi) is 7.96. The number of nitrogens with one attached hydrogen (secondary N) is 1. The van der Waals surface area contributed by atoms with Crippen molar-refractivity contribution in [3.63, 3.8) is 0 Å². The topological polar surface area (TPSA) is 141 Å². The van der Waals surface area contributed by atoms with E-state index in [9.17, 15) is 18.0 Å². The molecule has 0 aromatic carbocycles. The highest BCUT2D eigenvalue weighted by molar-refractivity contribution is 7.83. The van der Waals surface area contributed by atoms with E-state index in [1.54, 1.807) is 0 Å². The van der Waals surface area contributed by atoms with E-state index in [0.29, 0.717) is 12.2 Å². The van der Waals surface area contributed by atoms with Gasteiger partial charge in [0.05, 0.1) is 0 Å². The van der Waals surface area contributed by atoms with Crippen molar-refractivity contribution in [1.82, 2.24) is 4.72 Å². The first-order chi connectivity index (χ1) is 8.70. The van der Waals surface area contributed by atoms with Gasteiger partial charge in [-0.25, -0.2) is 9.59 Å². The molecule has 0 spiro atoms. The van der Waals surface area contributed by atoms with Crippen LogP contribution < -0.4 is 4.72 Å². The van der Waals surface area contributed by atoms with Crippen molar-refractivity contribution in [3.05, 3.63) is 12.2 Å². The lowest BCUT2D eigenvalue weighted by Gasteiger charge is -2.20. The molecule has 0 aliphatic heterocycles. The minimum Gasteiger partial charge on any atom is -0.478 e. The average Bonchev–Trinajstić information content (AvgIpc) is 2.26. The van der Waals surface area contributed by atoms with Crippen LogP contribution in [0.2, 0.25) is 0 Å². The maximum Gasteiger partial charge on any atom is 0.333 e. The third-order valence-corrected chi connectivity index (χ3v) is 2.92. The van der Waals surface area contributed by atoms with Crippen LogP contribution in [0.5, 0.6) is 0 Å². The summed E-state index contributed by atoms with van der Waals surface area (Å²) in [6, 6.07) is -0.0428. The van der Waals surface area contributed by atoms with Crippen LogP contribution in [-0.4, -0.2) is 41.2 Å². The lowest BCUT2D eigenvalue weighted by Crippen LogP contribution is -2.35. The fourth-order valence-corrected chi connectivity index (χ4v) is 2.23. The number of hydrogen-bond acceptors (Lipinski definition) is 4. The smallest absolute Gasteiger partial charge is 0.333 e. The zero-order chi connectivity index (χ0) is 14.9. The SMILES string of the molecule is O=C(O)C=CC(=O)O.O=S(=O)(O)NC1CCCCC1. The van der Waals surface area contributed by atoms with E-state index in [4.69, 9.17) is 14.8 Å². The Morgan fingerprint density at radius 1 is 1.00 bits per heavy atom. The summed E-state index contributed by atoms with van der Waals surface area (Å²) in [5.74, 6) is -2.51. The molecule has 0 saturated heterocycles. The van der Waals surface area contributed by atoms with Crippen molar-refractivity contribution < 1.29 is 32.8 Å². The van der Waals surface area contributed by atoms with Crippen LogP contribution in [0.15, 0.2) is 12.2 Å². The van der Waals surface area contributed by atoms with Gasteiger partial charge in [0.15, 0.2) is 0 Å². The molecule has 1 saturated carbocycles. The number of carboxylic acid groups (broad SMARTS) is 2. The number of aliphatic carboxylic acids is 2. The van der Waals surface area contributed by atoms with Gasteiger partial charge in [0.1, 0.15) is 0 Å². The Balaban J connectivity index is 0.000000362. The van der Waals surface area contributed by atoms with Gasteiger partial charge < -0.3 is 10.2 Å². The standard InChI is InChI=1S/C6H13NO3S.C4H4O4/c8-11(9,10)7-6-4-2-1-3-5-6;5-3(6)1-2-4(7)8/h6-7H,1-5H2,(H,8,9,10);1-2H,(H,5,6)(H,7,8). The highest BCUT2D eigenvalue weighted by atomic mass is 32.2. The van der Waals surface area contributed by atoms with Gasteiger partial charge in [-0.05, 0) is 12.8 Å². The van der Waals surface area contributed by atoms with Crippen molar-refractivity contribution in [2.24, 2.45) is 0 Å². The summed E-state index contributed by atoms with van der Waals surface area (Å²) < 4.78 is 31.3. The number of carbonyl (C=O) groups is 2. The molecule has 1 aliphatic carbocycles. The van der Waals surface area contributed by atoms with E-state index in [0.717, 1.165) is 25.7 Å². The molecular formula is C10H17NO7S. The van der Waals surface area contributed by atoms with Crippen LogP contribution in [0.3, 0.4) is 0 Å². The normalized spacial score (nSPS) is 16.7. The van der Waals surface area contributed by atoms with Gasteiger partial charge in [-0.1, -0.05) is 19.3 Å². The van der Waals surface area contributed by atoms with Crippen LogP contribution >= 0.6 is 0 Å². The second-order valence-electron chi connectivity index (χ2n) is 3.94. The summed E-state index contributed by atoms with van der Waals surface area (Å²) in [4.78, 5) is 19.1. The molecule has 0 amide bonds. The molecule has 0 bridgehead atoms. The summed E-state index contributed by atoms with van der Waals surface area (Å²) >= 11 is 0. The molecule has 0 aromatic heterocycles. The zero-order valence-corrected chi connectivity index (χ0v) is 11.0. The van der Waals surface area contributed by atoms with Gasteiger partial charge in [0, 0.05) is 18.2 Å². The van der Waals surface area contributed by atoms with Crippen molar-refractivity contribution in [1.29, 1.82) is 0 Å². The van der Waals surface area contributed by atoms with E-state index in [1.165, 1.54) is 6.42 Å². The highest BCUT2D eigenvalue weighted by Gasteiger charge is 2.17. The summed E-state index contributed by atoms with van der Waals surface area (Å²) in [7, 11) is -3.97. The predicted molar refractivity (Wildman–Crippen MR) is 66.0 cm³/mol. The van der Waals surface area contributed by atoms with E-state index in [2.05, 4.69) is 4.72 Å². The Labute approximate surface area is 111 Å². The fraction of sp³-hybridized carbons (Fsp3) is 0.600. The quantitative estimate of drug-likeness (QED) is 0.435. The van der Waals surface area contributed by atoms with E-state index in [1.807, 2.05) is 0 Å². The first-order valence-electron chi connectivity index (χ1n) is 5.59. The maximum atomic E-state index is 10.3. The molecule has 0 radical (unpaired) electrons. The van der Waals surface area contributed by atoms with E-state index < -0.39 is 22.2 Å². The second-order valence-corrected chi connectivity index (χ2v) is 5.12. The van der Waals surface area contributed by atoms with Gasteiger partial charge in [-0.2, -0.15) is 13.1 Å². The average molecular weight is 295 g/mol. The largest absolute Gasteiger partial charge is 0.478 e. The fourth-order valence-electron chi connectivity index (χ4n) is 1.57. The van der Waals surface area contributed by atoms with Crippen molar-refractivity contribution in [2.45, 2.75) is 38.1 Å². The molecule has 110 valence electrons. The van der Waals surface area contributed by atoms with Crippen LogP contribution in [0.4, 0.5) is 0 Å². The second kappa shape index (κ2) is 8.62. The summed E-state index contributed by atoms with van der Waals surface area (Å²) in [5, 5.41) is 15.6. The molecule has 0 atom stereocenters. The molecule has 19 heavy (non-hydrogen) atoms. The molecule has 0 heterocycles. The molecule has 1 fully saturated rings. The van der Waals surface area contributed by atoms with Gasteiger partial charge in [-0.15, -0.1) is 0 Å². The minimum absolute atomic E-state index is 0.0428. The number of hydrogen-bond donors (Lipinski definition) is 4. The predicted octanol–water partition coefficient (Wildman–Crippen LogP) is 0.423. The summed E-state index contributed by atoms with van der Waals surface area (Å²) in [5.41, 5.74) is 0. The van der Waals surface area contributed by atoms with Gasteiger partial charge in [0.25, 0.3) is 0 Å². The Morgan fingerprint density at radius 3 is 1.74 bits per heavy atom. The Hall–Kier alpha value is -1.45. The number of carboxylic acids is 2.